The highest BCUT2D eigenvalue weighted by atomic mass is 16.7. The number of rotatable bonds is 10. The molecule has 39 heavy (non-hydrogen) atoms. The maximum atomic E-state index is 13.0. The average Bonchev–Trinajstić information content (AvgIpc) is 2.97. The number of amides is 1. The first-order chi connectivity index (χ1) is 18.9. The van der Waals surface area contributed by atoms with Gasteiger partial charge in [0, 0.05) is 24.7 Å². The number of likely N-dealkylation sites (tertiary alicyclic amines) is 1. The van der Waals surface area contributed by atoms with E-state index in [0.29, 0.717) is 24.4 Å². The molecule has 10 nitrogen and oxygen atoms in total. The Morgan fingerprint density at radius 3 is 2.18 bits per heavy atom. The summed E-state index contributed by atoms with van der Waals surface area (Å²) in [4.78, 5) is 30.4. The number of hydrogen-bond acceptors (Lipinski definition) is 7. The first-order valence-electron chi connectivity index (χ1n) is 12.7. The molecule has 1 heterocycles. The van der Waals surface area contributed by atoms with Crippen molar-refractivity contribution in [3.63, 3.8) is 0 Å². The summed E-state index contributed by atoms with van der Waals surface area (Å²) in [5.41, 5.74) is 2.24. The predicted molar refractivity (Wildman–Crippen MR) is 144 cm³/mol. The number of hydrogen-bond donors (Lipinski definition) is 4. The van der Waals surface area contributed by atoms with Crippen molar-refractivity contribution in [3.05, 3.63) is 102 Å². The van der Waals surface area contributed by atoms with E-state index in [-0.39, 0.29) is 18.5 Å². The number of nitrogens with one attached hydrogen (secondary N) is 2. The molecule has 0 bridgehead atoms. The van der Waals surface area contributed by atoms with Gasteiger partial charge in [-0.05, 0) is 48.2 Å². The maximum absolute atomic E-state index is 13.0. The fourth-order valence-corrected chi connectivity index (χ4v) is 4.39. The van der Waals surface area contributed by atoms with Crippen molar-refractivity contribution in [1.82, 2.24) is 10.2 Å². The minimum absolute atomic E-state index is 0.123. The predicted octanol–water partition coefficient (Wildman–Crippen LogP) is 3.71. The van der Waals surface area contributed by atoms with Gasteiger partial charge in [0.1, 0.15) is 18.2 Å². The molecule has 10 heteroatoms. The molecule has 5 N–H and O–H groups in total. The molecule has 4 rings (SSSR count). The fraction of sp³-hybridized carbons (Fsp3) is 0.276. The first kappa shape index (κ1) is 27.6. The van der Waals surface area contributed by atoms with Gasteiger partial charge in [0.05, 0.1) is 0 Å². The van der Waals surface area contributed by atoms with E-state index in [0.717, 1.165) is 24.0 Å². The van der Waals surface area contributed by atoms with Gasteiger partial charge in [0.2, 0.25) is 6.10 Å². The Kier molecular flexibility index (Phi) is 9.49. The summed E-state index contributed by atoms with van der Waals surface area (Å²) in [6.07, 6.45) is -1.22. The van der Waals surface area contributed by atoms with E-state index in [2.05, 4.69) is 5.32 Å². The summed E-state index contributed by atoms with van der Waals surface area (Å²) in [6, 6.07) is 25.4. The van der Waals surface area contributed by atoms with E-state index in [9.17, 15) is 14.7 Å². The summed E-state index contributed by atoms with van der Waals surface area (Å²) in [6.45, 7) is 0.672. The summed E-state index contributed by atoms with van der Waals surface area (Å²) >= 11 is 0. The minimum atomic E-state index is -1.16. The van der Waals surface area contributed by atoms with Crippen molar-refractivity contribution in [2.24, 2.45) is 5.90 Å². The van der Waals surface area contributed by atoms with Crippen molar-refractivity contribution in [3.8, 4) is 5.75 Å². The normalized spacial score (nSPS) is 15.8. The van der Waals surface area contributed by atoms with Crippen molar-refractivity contribution >= 4 is 17.9 Å². The quantitative estimate of drug-likeness (QED) is 0.134. The number of piperidine rings is 1. The van der Waals surface area contributed by atoms with Crippen molar-refractivity contribution in [1.29, 1.82) is 5.41 Å². The van der Waals surface area contributed by atoms with E-state index in [4.69, 9.17) is 25.6 Å². The van der Waals surface area contributed by atoms with Crippen LogP contribution in [-0.2, 0) is 14.4 Å². The van der Waals surface area contributed by atoms with E-state index in [1.165, 1.54) is 4.90 Å². The molecule has 1 fully saturated rings. The van der Waals surface area contributed by atoms with Gasteiger partial charge in [0.25, 0.3) is 0 Å². The van der Waals surface area contributed by atoms with Crippen LogP contribution in [0.1, 0.15) is 35.6 Å². The van der Waals surface area contributed by atoms with Crippen LogP contribution >= 0.6 is 0 Å². The Labute approximate surface area is 226 Å². The van der Waals surface area contributed by atoms with Crippen molar-refractivity contribution < 1.29 is 29.0 Å². The summed E-state index contributed by atoms with van der Waals surface area (Å²) < 4.78 is 11.5. The van der Waals surface area contributed by atoms with Gasteiger partial charge in [-0.2, -0.15) is 0 Å². The number of amidine groups is 1. The highest BCUT2D eigenvalue weighted by Gasteiger charge is 2.27. The van der Waals surface area contributed by atoms with Crippen LogP contribution in [0.4, 0.5) is 4.79 Å². The molecule has 0 aliphatic carbocycles. The number of carbonyl (C=O) groups is 2. The lowest BCUT2D eigenvalue weighted by molar-refractivity contribution is -0.163. The Bertz CT molecular complexity index is 1200. The molecule has 204 valence electrons. The molecule has 0 aromatic heterocycles. The van der Waals surface area contributed by atoms with Crippen molar-refractivity contribution in [2.45, 2.75) is 31.1 Å². The standard InChI is InChI=1S/C29H32N4O6/c30-27(32-23-12-7-17-33(18-23)29(35)36)22-13-15-24(16-14-22)37-19-25(39-31)28(34)38-26(20-8-3-1-4-9-20)21-10-5-2-6-11-21/h1-6,8-11,13-16,23,25-26H,7,12,17-19,31H2,(H2,30,32)(H,35,36)/t23-,25-/m0/s1. The average molecular weight is 533 g/mol. The maximum Gasteiger partial charge on any atom is 0.407 e. The lowest BCUT2D eigenvalue weighted by Gasteiger charge is -2.31. The molecule has 0 saturated carbocycles. The molecule has 0 unspecified atom stereocenters. The molecule has 1 saturated heterocycles. The fourth-order valence-electron chi connectivity index (χ4n) is 4.39. The molecule has 2 atom stereocenters. The summed E-state index contributed by atoms with van der Waals surface area (Å²) in [7, 11) is 0. The Morgan fingerprint density at radius 2 is 1.62 bits per heavy atom. The first-order valence-corrected chi connectivity index (χ1v) is 12.7. The molecule has 1 amide bonds. The number of carboxylic acid groups (broad SMARTS) is 1. The zero-order valence-electron chi connectivity index (χ0n) is 21.4. The Morgan fingerprint density at radius 1 is 1.00 bits per heavy atom. The van der Waals surface area contributed by atoms with Gasteiger partial charge in [-0.1, -0.05) is 60.7 Å². The molecule has 1 aliphatic rings. The Hall–Kier alpha value is -4.41. The van der Waals surface area contributed by atoms with E-state index in [1.54, 1.807) is 24.3 Å². The third-order valence-corrected chi connectivity index (χ3v) is 6.45. The van der Waals surface area contributed by atoms with Crippen LogP contribution in [0.2, 0.25) is 0 Å². The third-order valence-electron chi connectivity index (χ3n) is 6.45. The van der Waals surface area contributed by atoms with Gasteiger partial charge < -0.3 is 24.8 Å². The van der Waals surface area contributed by atoms with Gasteiger partial charge in [0.15, 0.2) is 6.10 Å². The minimum Gasteiger partial charge on any atom is -0.490 e. The molecular formula is C29H32N4O6. The van der Waals surface area contributed by atoms with Crippen LogP contribution in [-0.4, -0.2) is 59.7 Å². The van der Waals surface area contributed by atoms with Crippen LogP contribution in [0.25, 0.3) is 0 Å². The second kappa shape index (κ2) is 13.4. The van der Waals surface area contributed by atoms with Crippen LogP contribution in [0.3, 0.4) is 0 Å². The molecule has 3 aromatic carbocycles. The van der Waals surface area contributed by atoms with Crippen LogP contribution in [0.5, 0.6) is 5.75 Å². The highest BCUT2D eigenvalue weighted by molar-refractivity contribution is 5.96. The second-order valence-corrected chi connectivity index (χ2v) is 9.19. The number of esters is 1. The third kappa shape index (κ3) is 7.56. The number of nitrogens with zero attached hydrogens (tertiary/aromatic N) is 1. The van der Waals surface area contributed by atoms with Crippen LogP contribution in [0, 0.1) is 5.41 Å². The lowest BCUT2D eigenvalue weighted by atomic mass is 10.0. The zero-order chi connectivity index (χ0) is 27.6. The highest BCUT2D eigenvalue weighted by Crippen LogP contribution is 2.26. The molecule has 3 aromatic rings. The van der Waals surface area contributed by atoms with Crippen LogP contribution in [0.15, 0.2) is 84.9 Å². The summed E-state index contributed by atoms with van der Waals surface area (Å²) in [5, 5.41) is 20.7. The largest absolute Gasteiger partial charge is 0.490 e. The van der Waals surface area contributed by atoms with Gasteiger partial charge in [-0.25, -0.2) is 15.5 Å². The number of ether oxygens (including phenoxy) is 2. The number of carbonyl (C=O) groups excluding carboxylic acids is 1. The topological polar surface area (TPSA) is 147 Å². The number of benzene rings is 3. The second-order valence-electron chi connectivity index (χ2n) is 9.19. The summed E-state index contributed by atoms with van der Waals surface area (Å²) in [5.74, 6) is 5.40. The molecule has 0 radical (unpaired) electrons. The van der Waals surface area contributed by atoms with Gasteiger partial charge >= 0.3 is 12.1 Å². The van der Waals surface area contributed by atoms with Gasteiger partial charge in [-0.3, -0.25) is 10.2 Å². The zero-order valence-corrected chi connectivity index (χ0v) is 21.4. The van der Waals surface area contributed by atoms with Crippen molar-refractivity contribution in [2.75, 3.05) is 19.7 Å². The molecule has 1 aliphatic heterocycles. The molecule has 0 spiro atoms. The van der Waals surface area contributed by atoms with Gasteiger partial charge in [-0.15, -0.1) is 0 Å². The van der Waals surface area contributed by atoms with E-state index in [1.807, 2.05) is 60.7 Å². The lowest BCUT2D eigenvalue weighted by Crippen LogP contribution is -2.49. The van der Waals surface area contributed by atoms with Crippen LogP contribution < -0.4 is 16.0 Å². The SMILES string of the molecule is N=C(N[C@H]1CCCN(C(=O)O)C1)c1ccc(OC[C@H](ON)C(=O)OC(c2ccccc2)c2ccccc2)cc1. The Balaban J connectivity index is 1.33. The molecular weight excluding hydrogens is 500 g/mol. The van der Waals surface area contributed by atoms with E-state index >= 15 is 0 Å². The van der Waals surface area contributed by atoms with E-state index < -0.39 is 24.3 Å². The monoisotopic (exact) mass is 532 g/mol. The number of nitrogens with two attached hydrogens (primary N) is 1. The smallest absolute Gasteiger partial charge is 0.407 e.